The maximum atomic E-state index is 11.9. The van der Waals surface area contributed by atoms with Crippen molar-refractivity contribution in [3.8, 4) is 5.75 Å². The number of carbonyl (C=O) groups is 3. The Kier molecular flexibility index (Phi) is 18.4. The lowest BCUT2D eigenvalue weighted by atomic mass is 9.55. The van der Waals surface area contributed by atoms with Gasteiger partial charge in [0.2, 0.25) is 0 Å². The van der Waals surface area contributed by atoms with E-state index in [0.717, 1.165) is 49.4 Å². The molecule has 0 radical (unpaired) electrons. The average molecular weight is 745 g/mol. The van der Waals surface area contributed by atoms with Gasteiger partial charge in [0.25, 0.3) is 0 Å². The van der Waals surface area contributed by atoms with Crippen molar-refractivity contribution in [1.29, 1.82) is 0 Å². The molecule has 8 nitrogen and oxygen atoms in total. The molecule has 3 atom stereocenters. The van der Waals surface area contributed by atoms with E-state index in [0.29, 0.717) is 30.6 Å². The van der Waals surface area contributed by atoms with Gasteiger partial charge in [0.15, 0.2) is 6.79 Å². The first-order chi connectivity index (χ1) is 24.7. The molecule has 4 saturated carbocycles. The molecular weight excluding hydrogens is 668 g/mol. The fraction of sp³-hybridized carbons (Fsp3) is 0.800. The topological polar surface area (TPSA) is 108 Å². The van der Waals surface area contributed by atoms with E-state index in [1.54, 1.807) is 12.1 Å². The van der Waals surface area contributed by atoms with Crippen LogP contribution in [0.2, 0.25) is 0 Å². The van der Waals surface area contributed by atoms with Crippen molar-refractivity contribution in [1.82, 2.24) is 0 Å². The van der Waals surface area contributed by atoms with Gasteiger partial charge >= 0.3 is 17.9 Å². The number of esters is 3. The predicted octanol–water partition coefficient (Wildman–Crippen LogP) is 11.2. The largest absolute Gasteiger partial charge is 0.508 e. The van der Waals surface area contributed by atoms with Crippen LogP contribution in [0, 0.1) is 40.9 Å². The van der Waals surface area contributed by atoms with Crippen molar-refractivity contribution in [2.24, 2.45) is 40.9 Å². The zero-order chi connectivity index (χ0) is 40.1. The van der Waals surface area contributed by atoms with Crippen LogP contribution in [0.4, 0.5) is 0 Å². The molecule has 3 unspecified atom stereocenters. The van der Waals surface area contributed by atoms with Crippen LogP contribution in [-0.4, -0.2) is 47.1 Å². The highest BCUT2D eigenvalue weighted by Gasteiger charge is 2.49. The molecule has 0 spiro atoms. The van der Waals surface area contributed by atoms with E-state index in [-0.39, 0.29) is 36.5 Å². The number of phenolic OH excluding ortho intramolecular Hbond substituents is 1. The van der Waals surface area contributed by atoms with Gasteiger partial charge in [-0.05, 0) is 159 Å². The molecule has 53 heavy (non-hydrogen) atoms. The second-order valence-corrected chi connectivity index (χ2v) is 18.2. The van der Waals surface area contributed by atoms with Crippen LogP contribution in [-0.2, 0) is 33.3 Å². The van der Waals surface area contributed by atoms with E-state index >= 15 is 0 Å². The quantitative estimate of drug-likeness (QED) is 0.101. The van der Waals surface area contributed by atoms with Crippen LogP contribution in [0.25, 0.3) is 0 Å². The van der Waals surface area contributed by atoms with Crippen LogP contribution in [0.1, 0.15) is 172 Å². The molecule has 4 aliphatic rings. The number of rotatable bonds is 16. The number of benzene rings is 1. The summed E-state index contributed by atoms with van der Waals surface area (Å²) in [6.45, 7) is 25.7. The lowest BCUT2D eigenvalue weighted by molar-refractivity contribution is -0.193. The van der Waals surface area contributed by atoms with Crippen molar-refractivity contribution >= 4 is 17.9 Å². The summed E-state index contributed by atoms with van der Waals surface area (Å²) in [7, 11) is 0. The van der Waals surface area contributed by atoms with Gasteiger partial charge in [-0.1, -0.05) is 60.6 Å². The third kappa shape index (κ3) is 15.2. The summed E-state index contributed by atoms with van der Waals surface area (Å²) >= 11 is 0. The van der Waals surface area contributed by atoms with E-state index in [1.807, 2.05) is 88.3 Å². The first-order valence-electron chi connectivity index (χ1n) is 20.7. The summed E-state index contributed by atoms with van der Waals surface area (Å²) in [5.41, 5.74) is -0.209. The minimum absolute atomic E-state index is 0.0875. The summed E-state index contributed by atoms with van der Waals surface area (Å²) in [6.07, 6.45) is 11.9. The molecule has 5 rings (SSSR count). The van der Waals surface area contributed by atoms with Crippen molar-refractivity contribution in [3.63, 3.8) is 0 Å². The van der Waals surface area contributed by atoms with Crippen molar-refractivity contribution < 1.29 is 38.4 Å². The van der Waals surface area contributed by atoms with E-state index in [9.17, 15) is 14.4 Å². The Hall–Kier alpha value is -2.61. The normalized spacial score (nSPS) is 23.7. The molecule has 0 saturated heterocycles. The standard InChI is InChI=1S/C18H34O4.C17H28O3.C10H14O/c1-9-13(3)15(19)21-17(5,6)11-12-18(7,8)22-16(20)14(4)10-2;1-4-17(2,3)16(18)20-10-19-15-13-6-11-5-12(8-13)9-14(15)7-11;1-3-8(2)9-4-6-10(11)7-5-9/h13-14H,9-12H2,1-8H3;11-15H,4-10H2,1-3H3;4-8,11H,3H2,1-2H3. The lowest BCUT2D eigenvalue weighted by Gasteiger charge is -2.53. The fourth-order valence-corrected chi connectivity index (χ4v) is 7.48. The lowest BCUT2D eigenvalue weighted by Crippen LogP contribution is -2.49. The van der Waals surface area contributed by atoms with Gasteiger partial charge < -0.3 is 24.1 Å². The second-order valence-electron chi connectivity index (χ2n) is 18.2. The number of phenols is 1. The van der Waals surface area contributed by atoms with E-state index in [4.69, 9.17) is 24.1 Å². The van der Waals surface area contributed by atoms with Gasteiger partial charge in [-0.2, -0.15) is 0 Å². The number of hydrogen-bond acceptors (Lipinski definition) is 8. The predicted molar refractivity (Wildman–Crippen MR) is 212 cm³/mol. The number of ether oxygens (including phenoxy) is 4. The van der Waals surface area contributed by atoms with Crippen molar-refractivity contribution in [2.75, 3.05) is 6.79 Å². The molecule has 0 amide bonds. The first kappa shape index (κ1) is 46.5. The maximum Gasteiger partial charge on any atom is 0.313 e. The summed E-state index contributed by atoms with van der Waals surface area (Å²) in [5, 5.41) is 9.01. The fourth-order valence-electron chi connectivity index (χ4n) is 7.48. The molecular formula is C45H76O8. The van der Waals surface area contributed by atoms with Gasteiger partial charge in [0, 0.05) is 0 Å². The average Bonchev–Trinajstić information content (AvgIpc) is 3.11. The molecule has 0 aromatic heterocycles. The van der Waals surface area contributed by atoms with E-state index < -0.39 is 16.6 Å². The Morgan fingerprint density at radius 1 is 0.698 bits per heavy atom. The number of carbonyl (C=O) groups excluding carboxylic acids is 3. The number of hydrogen-bond donors (Lipinski definition) is 1. The first-order valence-corrected chi connectivity index (χ1v) is 20.7. The zero-order valence-electron chi connectivity index (χ0n) is 35.7. The number of aromatic hydroxyl groups is 1. The second kappa shape index (κ2) is 20.9. The summed E-state index contributed by atoms with van der Waals surface area (Å²) in [5.74, 6) is 3.66. The molecule has 4 bridgehead atoms. The third-order valence-electron chi connectivity index (χ3n) is 12.2. The minimum Gasteiger partial charge on any atom is -0.508 e. The third-order valence-corrected chi connectivity index (χ3v) is 12.2. The molecule has 1 aromatic carbocycles. The Morgan fingerprint density at radius 2 is 1.13 bits per heavy atom. The van der Waals surface area contributed by atoms with Crippen LogP contribution >= 0.6 is 0 Å². The molecule has 4 aliphatic carbocycles. The molecule has 4 fully saturated rings. The Balaban J connectivity index is 0.000000289. The Morgan fingerprint density at radius 3 is 1.51 bits per heavy atom. The maximum absolute atomic E-state index is 11.9. The SMILES string of the molecule is CCC(C)(C)C(=O)OCOC1C2CC3CC(C2)CC1C3.CCC(C)C(=O)OC(C)(C)CCC(C)(C)OC(=O)C(C)CC.CCC(C)c1ccc(O)cc1. The highest BCUT2D eigenvalue weighted by Crippen LogP contribution is 2.54. The van der Waals surface area contributed by atoms with Crippen LogP contribution in [0.15, 0.2) is 24.3 Å². The van der Waals surface area contributed by atoms with Gasteiger partial charge in [-0.3, -0.25) is 14.4 Å². The van der Waals surface area contributed by atoms with Crippen molar-refractivity contribution in [3.05, 3.63) is 29.8 Å². The summed E-state index contributed by atoms with van der Waals surface area (Å²) in [6, 6.07) is 7.43. The van der Waals surface area contributed by atoms with Crippen LogP contribution < -0.4 is 0 Å². The molecule has 0 heterocycles. The molecule has 304 valence electrons. The van der Waals surface area contributed by atoms with Crippen LogP contribution in [0.5, 0.6) is 5.75 Å². The van der Waals surface area contributed by atoms with Gasteiger partial charge in [-0.25, -0.2) is 0 Å². The molecule has 8 heteroatoms. The highest BCUT2D eigenvalue weighted by atomic mass is 16.7. The highest BCUT2D eigenvalue weighted by molar-refractivity contribution is 5.75. The smallest absolute Gasteiger partial charge is 0.313 e. The van der Waals surface area contributed by atoms with Gasteiger partial charge in [-0.15, -0.1) is 0 Å². The Labute approximate surface area is 322 Å². The molecule has 1 aromatic rings. The van der Waals surface area contributed by atoms with Gasteiger partial charge in [0.1, 0.15) is 17.0 Å². The minimum atomic E-state index is -0.555. The summed E-state index contributed by atoms with van der Waals surface area (Å²) < 4.78 is 22.5. The Bertz CT molecular complexity index is 1200. The van der Waals surface area contributed by atoms with Crippen molar-refractivity contribution in [2.45, 2.75) is 184 Å². The summed E-state index contributed by atoms with van der Waals surface area (Å²) in [4.78, 5) is 35.8. The van der Waals surface area contributed by atoms with E-state index in [1.165, 1.54) is 37.7 Å². The van der Waals surface area contributed by atoms with Crippen LogP contribution in [0.3, 0.4) is 0 Å². The monoisotopic (exact) mass is 745 g/mol. The zero-order valence-corrected chi connectivity index (χ0v) is 35.7. The molecule has 1 N–H and O–H groups in total. The molecule has 0 aliphatic heterocycles. The van der Waals surface area contributed by atoms with E-state index in [2.05, 4.69) is 13.8 Å². The van der Waals surface area contributed by atoms with Gasteiger partial charge in [0.05, 0.1) is 23.4 Å².